The highest BCUT2D eigenvalue weighted by atomic mass is 16.6. The quantitative estimate of drug-likeness (QED) is 0.354. The van der Waals surface area contributed by atoms with E-state index in [9.17, 15) is 4.79 Å². The fourth-order valence-electron chi connectivity index (χ4n) is 7.84. The molecule has 1 unspecified atom stereocenters. The Kier molecular flexibility index (Phi) is 5.04. The predicted octanol–water partition coefficient (Wildman–Crippen LogP) is 5.96. The van der Waals surface area contributed by atoms with Crippen LogP contribution in [-0.4, -0.2) is 11.6 Å². The van der Waals surface area contributed by atoms with E-state index in [1.165, 1.54) is 32.1 Å². The summed E-state index contributed by atoms with van der Waals surface area (Å²) in [6.45, 7) is 2.34. The number of benzene rings is 1. The van der Waals surface area contributed by atoms with Crippen molar-refractivity contribution in [3.63, 3.8) is 0 Å². The number of ether oxygens (including phenoxy) is 1. The summed E-state index contributed by atoms with van der Waals surface area (Å²) >= 11 is 0. The smallest absolute Gasteiger partial charge is 0.311 e. The third-order valence-corrected chi connectivity index (χ3v) is 9.36. The van der Waals surface area contributed by atoms with Crippen LogP contribution < -0.4 is 0 Å². The van der Waals surface area contributed by atoms with Gasteiger partial charge in [0.15, 0.2) is 5.60 Å². The Morgan fingerprint density at radius 2 is 1.83 bits per heavy atom. The average Bonchev–Trinajstić information content (AvgIpc) is 3.06. The first-order valence-corrected chi connectivity index (χ1v) is 11.9. The Bertz CT molecular complexity index is 864. The Labute approximate surface area is 181 Å². The second kappa shape index (κ2) is 7.60. The van der Waals surface area contributed by atoms with Crippen molar-refractivity contribution in [1.29, 1.82) is 0 Å². The minimum Gasteiger partial charge on any atom is -0.445 e. The molecular weight excluding hydrogens is 368 g/mol. The number of hydrogen-bond donors (Lipinski definition) is 0. The summed E-state index contributed by atoms with van der Waals surface area (Å²) in [6.07, 6.45) is 20.8. The monoisotopic (exact) mass is 402 g/mol. The molecule has 4 aliphatic carbocycles. The fraction of sp³-hybridized carbons (Fsp3) is 0.607. The molecule has 0 radical (unpaired) electrons. The van der Waals surface area contributed by atoms with E-state index in [4.69, 9.17) is 11.2 Å². The summed E-state index contributed by atoms with van der Waals surface area (Å²) in [7, 11) is 0. The van der Waals surface area contributed by atoms with Gasteiger partial charge in [-0.1, -0.05) is 55.3 Å². The molecule has 7 atom stereocenters. The van der Waals surface area contributed by atoms with Gasteiger partial charge in [-0.05, 0) is 86.5 Å². The maximum atomic E-state index is 12.9. The molecule has 0 spiro atoms. The largest absolute Gasteiger partial charge is 0.445 e. The molecule has 1 aromatic rings. The third-order valence-electron chi connectivity index (χ3n) is 9.36. The van der Waals surface area contributed by atoms with Crippen molar-refractivity contribution >= 4 is 5.97 Å². The van der Waals surface area contributed by atoms with Crippen LogP contribution in [0.4, 0.5) is 0 Å². The van der Waals surface area contributed by atoms with Crippen molar-refractivity contribution in [3.8, 4) is 12.3 Å². The second-order valence-electron chi connectivity index (χ2n) is 10.5. The number of terminal acetylenes is 1. The molecule has 158 valence electrons. The molecule has 30 heavy (non-hydrogen) atoms. The molecule has 0 heterocycles. The zero-order valence-corrected chi connectivity index (χ0v) is 18.2. The number of carbonyl (C=O) groups is 1. The summed E-state index contributed by atoms with van der Waals surface area (Å²) in [4.78, 5) is 12.9. The van der Waals surface area contributed by atoms with E-state index in [-0.39, 0.29) is 11.4 Å². The summed E-state index contributed by atoms with van der Waals surface area (Å²) in [5.41, 5.74) is 0.159. The maximum absolute atomic E-state index is 12.9. The average molecular weight is 403 g/mol. The van der Waals surface area contributed by atoms with Crippen molar-refractivity contribution in [2.45, 2.75) is 70.3 Å². The van der Waals surface area contributed by atoms with Crippen LogP contribution in [0, 0.1) is 47.3 Å². The summed E-state index contributed by atoms with van der Waals surface area (Å²) < 4.78 is 6.22. The van der Waals surface area contributed by atoms with Crippen LogP contribution in [-0.2, 0) is 16.0 Å². The molecule has 1 aromatic carbocycles. The molecule has 0 saturated heterocycles. The van der Waals surface area contributed by atoms with Gasteiger partial charge in [0, 0.05) is 5.41 Å². The summed E-state index contributed by atoms with van der Waals surface area (Å²) in [5.74, 6) is 6.78. The molecule has 0 bridgehead atoms. The molecule has 4 aliphatic rings. The molecule has 0 aliphatic heterocycles. The summed E-state index contributed by atoms with van der Waals surface area (Å²) in [5, 5.41) is 0. The van der Waals surface area contributed by atoms with Gasteiger partial charge in [0.25, 0.3) is 0 Å². The first-order valence-electron chi connectivity index (χ1n) is 11.9. The van der Waals surface area contributed by atoms with Crippen molar-refractivity contribution in [3.05, 3.63) is 48.0 Å². The number of esters is 1. The van der Waals surface area contributed by atoms with Crippen LogP contribution in [0.5, 0.6) is 0 Å². The van der Waals surface area contributed by atoms with Crippen LogP contribution in [0.25, 0.3) is 0 Å². The second-order valence-corrected chi connectivity index (χ2v) is 10.5. The Hall–Kier alpha value is -2.01. The normalized spacial score (nSPS) is 41.8. The fourth-order valence-corrected chi connectivity index (χ4v) is 7.84. The molecule has 5 rings (SSSR count). The van der Waals surface area contributed by atoms with E-state index in [0.29, 0.717) is 12.3 Å². The number of hydrogen-bond acceptors (Lipinski definition) is 2. The van der Waals surface area contributed by atoms with Crippen molar-refractivity contribution in [1.82, 2.24) is 0 Å². The van der Waals surface area contributed by atoms with E-state index in [1.54, 1.807) is 0 Å². The lowest BCUT2D eigenvalue weighted by atomic mass is 9.49. The lowest BCUT2D eigenvalue weighted by Gasteiger charge is -2.56. The van der Waals surface area contributed by atoms with Crippen molar-refractivity contribution in [2.24, 2.45) is 35.0 Å². The number of allylic oxidation sites excluding steroid dienone is 2. The highest BCUT2D eigenvalue weighted by Gasteiger charge is 2.64. The number of fused-ring (bicyclic) bond motifs is 5. The third kappa shape index (κ3) is 3.05. The summed E-state index contributed by atoms with van der Waals surface area (Å²) in [6, 6.07) is 9.85. The Morgan fingerprint density at radius 3 is 2.63 bits per heavy atom. The minimum absolute atomic E-state index is 0.0907. The van der Waals surface area contributed by atoms with E-state index in [2.05, 4.69) is 25.0 Å². The molecule has 2 heteroatoms. The SMILES string of the molecule is C#C[C@]1(OC(=O)Cc2ccccc2)CC[C@H]2[C@@H]3CCC4CC=CC[C@@H]4[C@H]3CC[C@@]21C. The lowest BCUT2D eigenvalue weighted by Crippen LogP contribution is -2.54. The molecule has 0 N–H and O–H groups in total. The Balaban J connectivity index is 1.36. The minimum atomic E-state index is -0.738. The highest BCUT2D eigenvalue weighted by molar-refractivity contribution is 5.73. The lowest BCUT2D eigenvalue weighted by molar-refractivity contribution is -0.170. The zero-order valence-electron chi connectivity index (χ0n) is 18.2. The molecular formula is C28H34O2. The van der Waals surface area contributed by atoms with Gasteiger partial charge in [-0.3, -0.25) is 4.79 Å². The zero-order chi connectivity index (χ0) is 20.8. The van der Waals surface area contributed by atoms with Crippen LogP contribution in [0.2, 0.25) is 0 Å². The molecule has 3 saturated carbocycles. The van der Waals surface area contributed by atoms with Crippen LogP contribution >= 0.6 is 0 Å². The topological polar surface area (TPSA) is 26.3 Å². The van der Waals surface area contributed by atoms with Gasteiger partial charge < -0.3 is 4.74 Å². The van der Waals surface area contributed by atoms with E-state index in [0.717, 1.165) is 48.5 Å². The van der Waals surface area contributed by atoms with Crippen LogP contribution in [0.15, 0.2) is 42.5 Å². The number of rotatable bonds is 3. The van der Waals surface area contributed by atoms with Crippen molar-refractivity contribution < 1.29 is 9.53 Å². The van der Waals surface area contributed by atoms with Gasteiger partial charge in [-0.25, -0.2) is 0 Å². The van der Waals surface area contributed by atoms with E-state index in [1.807, 2.05) is 30.3 Å². The molecule has 2 nitrogen and oxygen atoms in total. The molecule has 0 amide bonds. The highest BCUT2D eigenvalue weighted by Crippen LogP contribution is 2.65. The van der Waals surface area contributed by atoms with Gasteiger partial charge >= 0.3 is 5.97 Å². The number of carbonyl (C=O) groups excluding carboxylic acids is 1. The van der Waals surface area contributed by atoms with E-state index >= 15 is 0 Å². The van der Waals surface area contributed by atoms with Gasteiger partial charge in [0.1, 0.15) is 0 Å². The van der Waals surface area contributed by atoms with Gasteiger partial charge in [0.2, 0.25) is 0 Å². The first-order chi connectivity index (χ1) is 14.6. The first kappa shape index (κ1) is 19.9. The van der Waals surface area contributed by atoms with Gasteiger partial charge in [-0.15, -0.1) is 6.42 Å². The van der Waals surface area contributed by atoms with Gasteiger partial charge in [0.05, 0.1) is 6.42 Å². The Morgan fingerprint density at radius 1 is 1.03 bits per heavy atom. The molecule has 0 aromatic heterocycles. The van der Waals surface area contributed by atoms with Gasteiger partial charge in [-0.2, -0.15) is 0 Å². The predicted molar refractivity (Wildman–Crippen MR) is 119 cm³/mol. The van der Waals surface area contributed by atoms with Crippen molar-refractivity contribution in [2.75, 3.05) is 0 Å². The molecule has 3 fully saturated rings. The van der Waals surface area contributed by atoms with Crippen LogP contribution in [0.1, 0.15) is 63.9 Å². The maximum Gasteiger partial charge on any atom is 0.311 e. The standard InChI is InChI=1S/C28H34O2/c1-3-28(30-26(29)19-20-9-5-4-6-10-20)18-16-25-24-14-13-21-11-7-8-12-22(21)23(24)15-17-27(25,28)2/h1,4-10,21-25H,11-19H2,2H3/t21?,22-,23+,24+,25-,27-,28-/m0/s1. The van der Waals surface area contributed by atoms with Crippen LogP contribution in [0.3, 0.4) is 0 Å². The van der Waals surface area contributed by atoms with E-state index < -0.39 is 5.60 Å².